The molecule has 28 heavy (non-hydrogen) atoms. The topological polar surface area (TPSA) is 152 Å². The van der Waals surface area contributed by atoms with E-state index in [4.69, 9.17) is 10.5 Å². The van der Waals surface area contributed by atoms with Gasteiger partial charge in [-0.05, 0) is 12.0 Å². The number of benzene rings is 1. The summed E-state index contributed by atoms with van der Waals surface area (Å²) in [5.41, 5.74) is 7.88. The van der Waals surface area contributed by atoms with Crippen molar-refractivity contribution in [2.45, 2.75) is 31.0 Å². The molecule has 1 saturated heterocycles. The van der Waals surface area contributed by atoms with Crippen molar-refractivity contribution in [3.05, 3.63) is 42.2 Å². The first-order valence-electron chi connectivity index (χ1n) is 8.98. The third kappa shape index (κ3) is 3.38. The highest BCUT2D eigenvalue weighted by Gasteiger charge is 2.44. The van der Waals surface area contributed by atoms with E-state index in [0.29, 0.717) is 23.5 Å². The fourth-order valence-electron chi connectivity index (χ4n) is 3.32. The summed E-state index contributed by atoms with van der Waals surface area (Å²) in [6.07, 6.45) is -2.04. The van der Waals surface area contributed by atoms with E-state index < -0.39 is 31.1 Å². The SMILES string of the molecule is Nc1nc(NCCc2ccccc2)c2ncn(C3OC(CO)C(O)C3O)c2n1. The second kappa shape index (κ2) is 7.68. The van der Waals surface area contributed by atoms with Crippen molar-refractivity contribution in [3.63, 3.8) is 0 Å². The first-order chi connectivity index (χ1) is 13.6. The van der Waals surface area contributed by atoms with Crippen molar-refractivity contribution < 1.29 is 20.1 Å². The third-order valence-corrected chi connectivity index (χ3v) is 4.78. The number of hydrogen-bond donors (Lipinski definition) is 5. The maximum absolute atomic E-state index is 10.3. The molecule has 0 aliphatic carbocycles. The van der Waals surface area contributed by atoms with Crippen molar-refractivity contribution >= 4 is 22.9 Å². The van der Waals surface area contributed by atoms with Crippen molar-refractivity contribution in [1.82, 2.24) is 19.5 Å². The standard InChI is InChI=1S/C18H22N6O4/c19-18-22-15(20-7-6-10-4-2-1-3-5-10)12-16(23-18)24(9-21-12)17-14(27)13(26)11(8-25)28-17/h1-5,9,11,13-14,17,25-27H,6-8H2,(H3,19,20,22,23). The molecular formula is C18H22N6O4. The van der Waals surface area contributed by atoms with Crippen LogP contribution in [-0.4, -0.2) is 66.3 Å². The molecular weight excluding hydrogens is 364 g/mol. The van der Waals surface area contributed by atoms with Crippen LogP contribution in [0.5, 0.6) is 0 Å². The lowest BCUT2D eigenvalue weighted by Gasteiger charge is -2.16. The molecule has 148 valence electrons. The van der Waals surface area contributed by atoms with Crippen molar-refractivity contribution in [1.29, 1.82) is 0 Å². The number of rotatable bonds is 6. The molecule has 1 aromatic carbocycles. The van der Waals surface area contributed by atoms with Crippen LogP contribution in [0.1, 0.15) is 11.8 Å². The number of fused-ring (bicyclic) bond motifs is 1. The molecule has 1 aliphatic heterocycles. The Labute approximate surface area is 160 Å². The fraction of sp³-hybridized carbons (Fsp3) is 0.389. The molecule has 4 unspecified atom stereocenters. The molecule has 2 aromatic heterocycles. The van der Waals surface area contributed by atoms with Crippen molar-refractivity contribution in [3.8, 4) is 0 Å². The van der Waals surface area contributed by atoms with Crippen molar-refractivity contribution in [2.75, 3.05) is 24.2 Å². The number of aliphatic hydroxyl groups excluding tert-OH is 3. The highest BCUT2D eigenvalue weighted by molar-refractivity contribution is 5.84. The Balaban J connectivity index is 1.58. The monoisotopic (exact) mass is 386 g/mol. The van der Waals surface area contributed by atoms with Crippen LogP contribution < -0.4 is 11.1 Å². The Morgan fingerprint density at radius 1 is 1.14 bits per heavy atom. The number of ether oxygens (including phenoxy) is 1. The van der Waals surface area contributed by atoms with Crippen LogP contribution in [0.15, 0.2) is 36.7 Å². The third-order valence-electron chi connectivity index (χ3n) is 4.78. The molecule has 1 aliphatic rings. The van der Waals surface area contributed by atoms with Crippen LogP contribution >= 0.6 is 0 Å². The normalized spacial score (nSPS) is 24.7. The van der Waals surface area contributed by atoms with Gasteiger partial charge < -0.3 is 31.1 Å². The van der Waals surface area contributed by atoms with Gasteiger partial charge in [0.1, 0.15) is 18.3 Å². The second-order valence-electron chi connectivity index (χ2n) is 6.65. The van der Waals surface area contributed by atoms with E-state index >= 15 is 0 Å². The van der Waals surface area contributed by atoms with Gasteiger partial charge in [0.15, 0.2) is 23.2 Å². The molecule has 0 bridgehead atoms. The molecule has 0 amide bonds. The molecule has 3 aromatic rings. The van der Waals surface area contributed by atoms with Gasteiger partial charge in [0.25, 0.3) is 0 Å². The van der Waals surface area contributed by atoms with E-state index in [9.17, 15) is 15.3 Å². The molecule has 1 fully saturated rings. The molecule has 10 nitrogen and oxygen atoms in total. The molecule has 4 rings (SSSR count). The fourth-order valence-corrected chi connectivity index (χ4v) is 3.32. The lowest BCUT2D eigenvalue weighted by molar-refractivity contribution is -0.0511. The molecule has 0 radical (unpaired) electrons. The number of nitrogens with zero attached hydrogens (tertiary/aromatic N) is 4. The van der Waals surface area contributed by atoms with Crippen LogP contribution in [0.4, 0.5) is 11.8 Å². The minimum absolute atomic E-state index is 0.0446. The number of nitrogens with two attached hydrogens (primary N) is 1. The van der Waals surface area contributed by atoms with E-state index in [2.05, 4.69) is 20.3 Å². The first-order valence-corrected chi connectivity index (χ1v) is 8.98. The largest absolute Gasteiger partial charge is 0.394 e. The molecule has 6 N–H and O–H groups in total. The van der Waals surface area contributed by atoms with Gasteiger partial charge in [-0.15, -0.1) is 0 Å². The predicted molar refractivity (Wildman–Crippen MR) is 101 cm³/mol. The van der Waals surface area contributed by atoms with Gasteiger partial charge in [0, 0.05) is 6.54 Å². The van der Waals surface area contributed by atoms with Gasteiger partial charge in [0.2, 0.25) is 5.95 Å². The maximum atomic E-state index is 10.3. The van der Waals surface area contributed by atoms with Gasteiger partial charge in [0.05, 0.1) is 12.9 Å². The highest BCUT2D eigenvalue weighted by atomic mass is 16.6. The van der Waals surface area contributed by atoms with Crippen LogP contribution in [0.2, 0.25) is 0 Å². The van der Waals surface area contributed by atoms with Gasteiger partial charge >= 0.3 is 0 Å². The summed E-state index contributed by atoms with van der Waals surface area (Å²) in [6, 6.07) is 10.0. The zero-order chi connectivity index (χ0) is 19.7. The molecule has 0 spiro atoms. The zero-order valence-corrected chi connectivity index (χ0v) is 15.0. The number of imidazole rings is 1. The number of anilines is 2. The van der Waals surface area contributed by atoms with E-state index in [0.717, 1.165) is 6.42 Å². The minimum atomic E-state index is -1.24. The summed E-state index contributed by atoms with van der Waals surface area (Å²) in [7, 11) is 0. The predicted octanol–water partition coefficient (Wildman–Crippen LogP) is -0.325. The number of aliphatic hydroxyl groups is 3. The van der Waals surface area contributed by atoms with Crippen molar-refractivity contribution in [2.24, 2.45) is 0 Å². The number of aromatic nitrogens is 4. The Kier molecular flexibility index (Phi) is 5.09. The smallest absolute Gasteiger partial charge is 0.224 e. The highest BCUT2D eigenvalue weighted by Crippen LogP contribution is 2.32. The van der Waals surface area contributed by atoms with E-state index in [-0.39, 0.29) is 5.95 Å². The summed E-state index contributed by atoms with van der Waals surface area (Å²) >= 11 is 0. The Morgan fingerprint density at radius 3 is 2.64 bits per heavy atom. The van der Waals surface area contributed by atoms with E-state index in [1.165, 1.54) is 16.5 Å². The van der Waals surface area contributed by atoms with Crippen LogP contribution in [-0.2, 0) is 11.2 Å². The summed E-state index contributed by atoms with van der Waals surface area (Å²) in [5, 5.41) is 32.8. The van der Waals surface area contributed by atoms with Gasteiger partial charge in [-0.3, -0.25) is 4.57 Å². The Hall–Kier alpha value is -2.79. The molecule has 10 heteroatoms. The van der Waals surface area contributed by atoms with Gasteiger partial charge in [-0.25, -0.2) is 4.98 Å². The average molecular weight is 386 g/mol. The van der Waals surface area contributed by atoms with Crippen LogP contribution in [0.25, 0.3) is 11.2 Å². The first kappa shape index (κ1) is 18.6. The summed E-state index contributed by atoms with van der Waals surface area (Å²) in [4.78, 5) is 12.8. The Morgan fingerprint density at radius 2 is 1.93 bits per heavy atom. The zero-order valence-electron chi connectivity index (χ0n) is 15.0. The maximum Gasteiger partial charge on any atom is 0.224 e. The Bertz CT molecular complexity index is 950. The average Bonchev–Trinajstić information content (AvgIpc) is 3.24. The van der Waals surface area contributed by atoms with E-state index in [1.807, 2.05) is 30.3 Å². The number of nitrogen functional groups attached to an aromatic ring is 1. The molecule has 0 saturated carbocycles. The summed E-state index contributed by atoms with van der Waals surface area (Å²) in [5.74, 6) is 0.520. The summed E-state index contributed by atoms with van der Waals surface area (Å²) < 4.78 is 7.04. The lowest BCUT2D eigenvalue weighted by Crippen LogP contribution is -2.33. The molecule has 3 heterocycles. The lowest BCUT2D eigenvalue weighted by atomic mass is 10.1. The molecule has 4 atom stereocenters. The number of nitrogens with one attached hydrogen (secondary N) is 1. The van der Waals surface area contributed by atoms with Crippen LogP contribution in [0.3, 0.4) is 0 Å². The number of hydrogen-bond acceptors (Lipinski definition) is 9. The second-order valence-corrected chi connectivity index (χ2v) is 6.65. The quantitative estimate of drug-likeness (QED) is 0.383. The summed E-state index contributed by atoms with van der Waals surface area (Å²) in [6.45, 7) is 0.209. The van der Waals surface area contributed by atoms with Gasteiger partial charge in [-0.1, -0.05) is 30.3 Å². The van der Waals surface area contributed by atoms with E-state index in [1.54, 1.807) is 0 Å². The van der Waals surface area contributed by atoms with Gasteiger partial charge in [-0.2, -0.15) is 9.97 Å². The van der Waals surface area contributed by atoms with Crippen LogP contribution in [0, 0.1) is 0 Å². The minimum Gasteiger partial charge on any atom is -0.394 e.